The van der Waals surface area contributed by atoms with E-state index in [1.807, 2.05) is 30.3 Å². The number of para-hydroxylation sites is 1. The molecule has 110 valence electrons. The Hall–Kier alpha value is -2.37. The highest BCUT2D eigenvalue weighted by molar-refractivity contribution is 6.08. The van der Waals surface area contributed by atoms with Crippen LogP contribution in [0.25, 0.3) is 0 Å². The van der Waals surface area contributed by atoms with Crippen molar-refractivity contribution in [2.24, 2.45) is 0 Å². The first-order chi connectivity index (χ1) is 10.1. The third-order valence-electron chi connectivity index (χ3n) is 4.09. The van der Waals surface area contributed by atoms with Crippen LogP contribution in [0.4, 0.5) is 10.5 Å². The fourth-order valence-corrected chi connectivity index (χ4v) is 2.86. The number of urea groups is 1. The topological polar surface area (TPSA) is 60.9 Å². The summed E-state index contributed by atoms with van der Waals surface area (Å²) in [4.78, 5) is 40.7. The summed E-state index contributed by atoms with van der Waals surface area (Å²) in [7, 11) is 1.64. The first kappa shape index (κ1) is 13.6. The van der Waals surface area contributed by atoms with Crippen molar-refractivity contribution in [1.82, 2.24) is 9.80 Å². The maximum atomic E-state index is 12.3. The predicted molar refractivity (Wildman–Crippen MR) is 76.7 cm³/mol. The zero-order valence-electron chi connectivity index (χ0n) is 11.9. The van der Waals surface area contributed by atoms with Crippen LogP contribution in [0.2, 0.25) is 0 Å². The van der Waals surface area contributed by atoms with Crippen LogP contribution < -0.4 is 4.90 Å². The number of rotatable bonds is 3. The first-order valence-corrected chi connectivity index (χ1v) is 7.03. The van der Waals surface area contributed by atoms with E-state index in [0.717, 1.165) is 17.0 Å². The first-order valence-electron chi connectivity index (χ1n) is 7.03. The third-order valence-corrected chi connectivity index (χ3v) is 4.09. The molecule has 6 nitrogen and oxygen atoms in total. The molecule has 2 fully saturated rings. The molecule has 4 amide bonds. The summed E-state index contributed by atoms with van der Waals surface area (Å²) in [6, 6.07) is 8.46. The molecular formula is C15H17N3O3. The normalized spacial score (nSPS) is 20.9. The highest BCUT2D eigenvalue weighted by Gasteiger charge is 2.47. The Morgan fingerprint density at radius 1 is 1.29 bits per heavy atom. The summed E-state index contributed by atoms with van der Waals surface area (Å²) in [5.41, 5.74) is 0.738. The van der Waals surface area contributed by atoms with E-state index in [1.54, 1.807) is 11.9 Å². The molecule has 1 unspecified atom stereocenters. The molecule has 0 bridgehead atoms. The smallest absolute Gasteiger partial charge is 0.314 e. The summed E-state index contributed by atoms with van der Waals surface area (Å²) in [5.74, 6) is -0.517. The van der Waals surface area contributed by atoms with E-state index < -0.39 is 0 Å². The largest absolute Gasteiger partial charge is 0.327 e. The van der Waals surface area contributed by atoms with Crippen molar-refractivity contribution in [3.8, 4) is 0 Å². The van der Waals surface area contributed by atoms with E-state index >= 15 is 0 Å². The van der Waals surface area contributed by atoms with Crippen LogP contribution in [-0.2, 0) is 9.59 Å². The van der Waals surface area contributed by atoms with Crippen LogP contribution in [0.3, 0.4) is 0 Å². The van der Waals surface area contributed by atoms with E-state index in [2.05, 4.69) is 0 Å². The molecule has 1 aromatic carbocycles. The van der Waals surface area contributed by atoms with Crippen LogP contribution in [0.5, 0.6) is 0 Å². The van der Waals surface area contributed by atoms with Crippen LogP contribution >= 0.6 is 0 Å². The Morgan fingerprint density at radius 2 is 2.00 bits per heavy atom. The number of fused-ring (bicyclic) bond motifs is 1. The van der Waals surface area contributed by atoms with Gasteiger partial charge < -0.3 is 9.80 Å². The average molecular weight is 287 g/mol. The van der Waals surface area contributed by atoms with Gasteiger partial charge in [-0.3, -0.25) is 14.5 Å². The molecule has 2 heterocycles. The van der Waals surface area contributed by atoms with Crippen molar-refractivity contribution < 1.29 is 14.4 Å². The van der Waals surface area contributed by atoms with Gasteiger partial charge in [0.05, 0.1) is 0 Å². The number of hydrogen-bond acceptors (Lipinski definition) is 3. The van der Waals surface area contributed by atoms with Crippen LogP contribution in [-0.4, -0.2) is 53.8 Å². The minimum atomic E-state index is -0.354. The molecule has 2 saturated heterocycles. The van der Waals surface area contributed by atoms with Gasteiger partial charge in [0.2, 0.25) is 5.91 Å². The zero-order chi connectivity index (χ0) is 15.0. The summed E-state index contributed by atoms with van der Waals surface area (Å²) in [5, 5.41) is 0. The van der Waals surface area contributed by atoms with Crippen molar-refractivity contribution in [2.45, 2.75) is 18.9 Å². The minimum absolute atomic E-state index is 0.198. The summed E-state index contributed by atoms with van der Waals surface area (Å²) in [6.07, 6.45) is 1.55. The molecule has 0 radical (unpaired) electrons. The number of amides is 4. The number of nitrogens with zero attached hydrogens (tertiary/aromatic N) is 3. The standard InChI is InChI=1S/C15H17N3O3/c1-16(11-6-3-2-4-7-11)13(19)10-18-14(20)12-8-5-9-17(12)15(18)21/h2-4,6-7,12H,5,8-10H2,1H3. The second kappa shape index (κ2) is 5.20. The minimum Gasteiger partial charge on any atom is -0.314 e. The number of carbonyl (C=O) groups is 3. The van der Waals surface area contributed by atoms with Gasteiger partial charge in [-0.1, -0.05) is 18.2 Å². The monoisotopic (exact) mass is 287 g/mol. The lowest BCUT2D eigenvalue weighted by atomic mass is 10.2. The number of benzene rings is 1. The fraction of sp³-hybridized carbons (Fsp3) is 0.400. The fourth-order valence-electron chi connectivity index (χ4n) is 2.86. The summed E-state index contributed by atoms with van der Waals surface area (Å²) < 4.78 is 0. The Labute approximate surface area is 122 Å². The number of hydrogen-bond donors (Lipinski definition) is 0. The molecule has 1 aromatic rings. The van der Waals surface area contributed by atoms with Gasteiger partial charge in [0, 0.05) is 19.3 Å². The number of imide groups is 1. The van der Waals surface area contributed by atoms with Crippen molar-refractivity contribution in [3.05, 3.63) is 30.3 Å². The molecule has 0 aliphatic carbocycles. The van der Waals surface area contributed by atoms with Gasteiger partial charge in [-0.25, -0.2) is 4.79 Å². The van der Waals surface area contributed by atoms with Gasteiger partial charge in [0.25, 0.3) is 5.91 Å². The lowest BCUT2D eigenvalue weighted by Crippen LogP contribution is -2.42. The van der Waals surface area contributed by atoms with Crippen molar-refractivity contribution in [2.75, 3.05) is 25.0 Å². The van der Waals surface area contributed by atoms with Crippen molar-refractivity contribution in [3.63, 3.8) is 0 Å². The van der Waals surface area contributed by atoms with Crippen molar-refractivity contribution >= 4 is 23.5 Å². The lowest BCUT2D eigenvalue weighted by molar-refractivity contribution is -0.131. The van der Waals surface area contributed by atoms with Gasteiger partial charge in [0.15, 0.2) is 0 Å². The molecule has 2 aliphatic heterocycles. The van der Waals surface area contributed by atoms with Crippen LogP contribution in [0.1, 0.15) is 12.8 Å². The van der Waals surface area contributed by atoms with Gasteiger partial charge in [0.1, 0.15) is 12.6 Å². The molecule has 3 rings (SSSR count). The second-order valence-corrected chi connectivity index (χ2v) is 5.35. The van der Waals surface area contributed by atoms with Gasteiger partial charge >= 0.3 is 6.03 Å². The lowest BCUT2D eigenvalue weighted by Gasteiger charge is -2.21. The highest BCUT2D eigenvalue weighted by Crippen LogP contribution is 2.27. The van der Waals surface area contributed by atoms with Gasteiger partial charge in [-0.2, -0.15) is 0 Å². The summed E-state index contributed by atoms with van der Waals surface area (Å²) >= 11 is 0. The second-order valence-electron chi connectivity index (χ2n) is 5.35. The van der Waals surface area contributed by atoms with Gasteiger partial charge in [-0.15, -0.1) is 0 Å². The third kappa shape index (κ3) is 2.26. The maximum absolute atomic E-state index is 12.3. The number of carbonyl (C=O) groups excluding carboxylic acids is 3. The molecular weight excluding hydrogens is 270 g/mol. The Bertz CT molecular complexity index is 565. The quantitative estimate of drug-likeness (QED) is 0.781. The maximum Gasteiger partial charge on any atom is 0.327 e. The Kier molecular flexibility index (Phi) is 3.37. The SMILES string of the molecule is CN(C(=O)CN1C(=O)C2CCCN2C1=O)c1ccccc1. The zero-order valence-corrected chi connectivity index (χ0v) is 11.9. The molecule has 0 saturated carbocycles. The Balaban J connectivity index is 1.71. The molecule has 0 spiro atoms. The number of likely N-dealkylation sites (N-methyl/N-ethyl adjacent to an activating group) is 1. The summed E-state index contributed by atoms with van der Waals surface area (Å²) in [6.45, 7) is 0.407. The van der Waals surface area contributed by atoms with Crippen LogP contribution in [0.15, 0.2) is 30.3 Å². The van der Waals surface area contributed by atoms with E-state index in [4.69, 9.17) is 0 Å². The highest BCUT2D eigenvalue weighted by atomic mass is 16.2. The number of anilines is 1. The molecule has 6 heteroatoms. The average Bonchev–Trinajstić information content (AvgIpc) is 3.07. The molecule has 0 aromatic heterocycles. The molecule has 1 atom stereocenters. The van der Waals surface area contributed by atoms with E-state index in [1.165, 1.54) is 4.90 Å². The van der Waals surface area contributed by atoms with Crippen LogP contribution in [0, 0.1) is 0 Å². The molecule has 0 N–H and O–H groups in total. The van der Waals surface area contributed by atoms with E-state index in [9.17, 15) is 14.4 Å². The predicted octanol–water partition coefficient (Wildman–Crippen LogP) is 1.08. The van der Waals surface area contributed by atoms with Gasteiger partial charge in [-0.05, 0) is 25.0 Å². The van der Waals surface area contributed by atoms with E-state index in [0.29, 0.717) is 13.0 Å². The Morgan fingerprint density at radius 3 is 2.67 bits per heavy atom. The molecule has 2 aliphatic rings. The van der Waals surface area contributed by atoms with Crippen molar-refractivity contribution in [1.29, 1.82) is 0 Å². The van der Waals surface area contributed by atoms with E-state index in [-0.39, 0.29) is 30.4 Å². The molecule has 21 heavy (non-hydrogen) atoms.